The molecule has 2 aliphatic rings. The van der Waals surface area contributed by atoms with Gasteiger partial charge in [0.25, 0.3) is 0 Å². The average Bonchev–Trinajstić information content (AvgIpc) is 2.86. The molecule has 4 atom stereocenters. The molecule has 8 nitrogen and oxygen atoms in total. The van der Waals surface area contributed by atoms with Crippen LogP contribution in [0.5, 0.6) is 23.0 Å². The molecule has 0 saturated carbocycles. The van der Waals surface area contributed by atoms with Crippen molar-refractivity contribution in [2.75, 3.05) is 13.2 Å². The molecule has 34 heavy (non-hydrogen) atoms. The summed E-state index contributed by atoms with van der Waals surface area (Å²) in [6.07, 6.45) is 1.47. The third kappa shape index (κ3) is 6.12. The fourth-order valence-electron chi connectivity index (χ4n) is 3.97. The van der Waals surface area contributed by atoms with Crippen molar-refractivity contribution in [1.29, 1.82) is 0 Å². The van der Waals surface area contributed by atoms with E-state index in [1.54, 1.807) is 0 Å². The summed E-state index contributed by atoms with van der Waals surface area (Å²) in [6.45, 7) is 4.59. The number of benzene rings is 2. The van der Waals surface area contributed by atoms with Crippen LogP contribution in [0.15, 0.2) is 48.5 Å². The zero-order valence-corrected chi connectivity index (χ0v) is 19.6. The summed E-state index contributed by atoms with van der Waals surface area (Å²) in [7, 11) is 0. The number of para-hydroxylation sites is 4. The van der Waals surface area contributed by atoms with E-state index in [1.807, 2.05) is 62.4 Å². The molecule has 0 aliphatic carbocycles. The number of ether oxygens (including phenoxy) is 4. The molecule has 0 radical (unpaired) electrons. The van der Waals surface area contributed by atoms with E-state index in [1.165, 1.54) is 0 Å². The Kier molecular flexibility index (Phi) is 7.77. The third-order valence-corrected chi connectivity index (χ3v) is 6.01. The summed E-state index contributed by atoms with van der Waals surface area (Å²) < 4.78 is 23.3. The largest absolute Gasteiger partial charge is 0.486 e. The highest BCUT2D eigenvalue weighted by Gasteiger charge is 2.28. The lowest BCUT2D eigenvalue weighted by Crippen LogP contribution is -2.48. The standard InChI is InChI=1S/C26H32N2O6/c1-17(23-15-31-19-9-3-5-11-21(19)33-23)27-25(29)13-7-8-14-26(30)28-18(2)24-16-32-20-10-4-6-12-22(20)34-24/h3-6,9-12,17-18,23-24H,7-8,13-16H2,1-2H3,(H,27,29)(H,28,30)/t17-,18+,23-,24+. The molecule has 0 aromatic heterocycles. The zero-order chi connectivity index (χ0) is 23.9. The number of fused-ring (bicyclic) bond motifs is 2. The van der Waals surface area contributed by atoms with Gasteiger partial charge < -0.3 is 29.6 Å². The van der Waals surface area contributed by atoms with Crippen LogP contribution in [0.4, 0.5) is 0 Å². The molecular weight excluding hydrogens is 436 g/mol. The summed E-state index contributed by atoms with van der Waals surface area (Å²) in [5, 5.41) is 5.95. The van der Waals surface area contributed by atoms with Crippen LogP contribution in [0, 0.1) is 0 Å². The highest BCUT2D eigenvalue weighted by molar-refractivity contribution is 5.77. The Morgan fingerprint density at radius 2 is 1.12 bits per heavy atom. The second-order valence-corrected chi connectivity index (χ2v) is 8.75. The van der Waals surface area contributed by atoms with Crippen molar-refractivity contribution in [3.8, 4) is 23.0 Å². The summed E-state index contributed by atoms with van der Waals surface area (Å²) in [6, 6.07) is 14.6. The third-order valence-electron chi connectivity index (χ3n) is 6.01. The Labute approximate surface area is 199 Å². The summed E-state index contributed by atoms with van der Waals surface area (Å²) in [5.41, 5.74) is 0. The molecule has 2 N–H and O–H groups in total. The van der Waals surface area contributed by atoms with Crippen LogP contribution in [0.1, 0.15) is 39.5 Å². The summed E-state index contributed by atoms with van der Waals surface area (Å²) in [5.74, 6) is 2.70. The fourth-order valence-corrected chi connectivity index (χ4v) is 3.97. The van der Waals surface area contributed by atoms with Crippen molar-refractivity contribution >= 4 is 11.8 Å². The van der Waals surface area contributed by atoms with Gasteiger partial charge in [-0.3, -0.25) is 9.59 Å². The van der Waals surface area contributed by atoms with E-state index in [0.29, 0.717) is 50.4 Å². The van der Waals surface area contributed by atoms with Gasteiger partial charge in [0.15, 0.2) is 35.2 Å². The van der Waals surface area contributed by atoms with Crippen molar-refractivity contribution in [1.82, 2.24) is 10.6 Å². The van der Waals surface area contributed by atoms with E-state index in [9.17, 15) is 9.59 Å². The lowest BCUT2D eigenvalue weighted by molar-refractivity contribution is -0.124. The number of rotatable bonds is 9. The van der Waals surface area contributed by atoms with E-state index >= 15 is 0 Å². The van der Waals surface area contributed by atoms with E-state index in [-0.39, 0.29) is 36.1 Å². The summed E-state index contributed by atoms with van der Waals surface area (Å²) >= 11 is 0. The Morgan fingerprint density at radius 1 is 0.735 bits per heavy atom. The number of carbonyl (C=O) groups is 2. The van der Waals surface area contributed by atoms with Crippen LogP contribution in [0.2, 0.25) is 0 Å². The second kappa shape index (κ2) is 11.1. The van der Waals surface area contributed by atoms with Gasteiger partial charge in [-0.15, -0.1) is 0 Å². The Balaban J connectivity index is 1.11. The average molecular weight is 469 g/mol. The summed E-state index contributed by atoms with van der Waals surface area (Å²) in [4.78, 5) is 24.7. The fraction of sp³-hybridized carbons (Fsp3) is 0.462. The predicted octanol–water partition coefficient (Wildman–Crippen LogP) is 3.24. The molecule has 0 fully saturated rings. The van der Waals surface area contributed by atoms with Gasteiger partial charge in [0.1, 0.15) is 13.2 Å². The van der Waals surface area contributed by atoms with Crippen molar-refractivity contribution in [2.24, 2.45) is 0 Å². The Hall–Kier alpha value is -3.42. The smallest absolute Gasteiger partial charge is 0.220 e. The lowest BCUT2D eigenvalue weighted by atomic mass is 10.1. The number of nitrogens with one attached hydrogen (secondary N) is 2. The molecule has 8 heteroatoms. The van der Waals surface area contributed by atoms with E-state index in [4.69, 9.17) is 18.9 Å². The van der Waals surface area contributed by atoms with Crippen molar-refractivity contribution < 1.29 is 28.5 Å². The topological polar surface area (TPSA) is 95.1 Å². The molecular formula is C26H32N2O6. The Morgan fingerprint density at radius 3 is 1.53 bits per heavy atom. The molecule has 0 spiro atoms. The second-order valence-electron chi connectivity index (χ2n) is 8.75. The van der Waals surface area contributed by atoms with Gasteiger partial charge in [0.05, 0.1) is 12.1 Å². The first-order valence-electron chi connectivity index (χ1n) is 11.9. The monoisotopic (exact) mass is 468 g/mol. The van der Waals surface area contributed by atoms with Crippen molar-refractivity contribution in [2.45, 2.75) is 63.8 Å². The minimum Gasteiger partial charge on any atom is -0.486 e. The SMILES string of the molecule is C[C@H](NC(=O)CCCCC(=O)N[C@H](C)[C@H]1COc2ccccc2O1)[C@@H]1COc2ccccc2O1. The maximum atomic E-state index is 12.3. The van der Waals surface area contributed by atoms with Gasteiger partial charge in [-0.05, 0) is 51.0 Å². The first-order chi connectivity index (χ1) is 16.5. The number of carbonyl (C=O) groups excluding carboxylic acids is 2. The van der Waals surface area contributed by atoms with Gasteiger partial charge in [-0.25, -0.2) is 0 Å². The first-order valence-corrected chi connectivity index (χ1v) is 11.9. The Bertz CT molecular complexity index is 917. The minimum atomic E-state index is -0.246. The molecule has 2 heterocycles. The predicted molar refractivity (Wildman–Crippen MR) is 126 cm³/mol. The molecule has 2 amide bonds. The van der Waals surface area contributed by atoms with Gasteiger partial charge in [0, 0.05) is 12.8 Å². The molecule has 0 saturated heterocycles. The number of unbranched alkanes of at least 4 members (excludes halogenated alkanes) is 1. The molecule has 4 rings (SSSR count). The molecule has 0 unspecified atom stereocenters. The maximum absolute atomic E-state index is 12.3. The van der Waals surface area contributed by atoms with Gasteiger partial charge in [0.2, 0.25) is 11.8 Å². The quantitative estimate of drug-likeness (QED) is 0.549. The molecule has 182 valence electrons. The van der Waals surface area contributed by atoms with Crippen LogP contribution in [0.25, 0.3) is 0 Å². The van der Waals surface area contributed by atoms with Gasteiger partial charge in [-0.2, -0.15) is 0 Å². The zero-order valence-electron chi connectivity index (χ0n) is 19.6. The van der Waals surface area contributed by atoms with Crippen LogP contribution in [-0.4, -0.2) is 49.3 Å². The lowest BCUT2D eigenvalue weighted by Gasteiger charge is -2.31. The molecule has 0 bridgehead atoms. The molecule has 2 aromatic carbocycles. The van der Waals surface area contributed by atoms with Gasteiger partial charge in [-0.1, -0.05) is 24.3 Å². The number of amides is 2. The highest BCUT2D eigenvalue weighted by Crippen LogP contribution is 2.32. The van der Waals surface area contributed by atoms with Crippen LogP contribution in [0.3, 0.4) is 0 Å². The van der Waals surface area contributed by atoms with Gasteiger partial charge >= 0.3 is 0 Å². The first kappa shape index (κ1) is 23.7. The van der Waals surface area contributed by atoms with Crippen LogP contribution in [-0.2, 0) is 9.59 Å². The van der Waals surface area contributed by atoms with Crippen molar-refractivity contribution in [3.05, 3.63) is 48.5 Å². The molecule has 2 aromatic rings. The minimum absolute atomic E-state index is 0.0600. The van der Waals surface area contributed by atoms with E-state index in [2.05, 4.69) is 10.6 Å². The highest BCUT2D eigenvalue weighted by atomic mass is 16.6. The van der Waals surface area contributed by atoms with E-state index in [0.717, 1.165) is 11.5 Å². The van der Waals surface area contributed by atoms with Crippen LogP contribution < -0.4 is 29.6 Å². The number of hydrogen-bond acceptors (Lipinski definition) is 6. The molecule has 2 aliphatic heterocycles. The normalized spacial score (nSPS) is 20.1. The number of hydrogen-bond donors (Lipinski definition) is 2. The van der Waals surface area contributed by atoms with Crippen molar-refractivity contribution in [3.63, 3.8) is 0 Å². The van der Waals surface area contributed by atoms with Crippen LogP contribution >= 0.6 is 0 Å². The van der Waals surface area contributed by atoms with E-state index < -0.39 is 0 Å². The maximum Gasteiger partial charge on any atom is 0.220 e.